The number of hydrogen-bond acceptors (Lipinski definition) is 4. The number of piperidine rings is 1. The molecule has 3 heterocycles. The lowest BCUT2D eigenvalue weighted by atomic mass is 9.82. The Bertz CT molecular complexity index is 952. The van der Waals surface area contributed by atoms with Crippen molar-refractivity contribution in [1.82, 2.24) is 14.8 Å². The number of fused-ring (bicyclic) bond motifs is 1. The van der Waals surface area contributed by atoms with E-state index in [1.807, 2.05) is 69.0 Å². The number of rotatable bonds is 2. The summed E-state index contributed by atoms with van der Waals surface area (Å²) >= 11 is 0. The van der Waals surface area contributed by atoms with E-state index in [2.05, 4.69) is 4.98 Å². The van der Waals surface area contributed by atoms with Crippen molar-refractivity contribution in [2.75, 3.05) is 19.6 Å². The first kappa shape index (κ1) is 20.4. The zero-order chi connectivity index (χ0) is 21.5. The lowest BCUT2D eigenvalue weighted by Gasteiger charge is -2.53. The van der Waals surface area contributed by atoms with Gasteiger partial charge >= 0.3 is 6.09 Å². The van der Waals surface area contributed by atoms with Gasteiger partial charge < -0.3 is 14.5 Å². The summed E-state index contributed by atoms with van der Waals surface area (Å²) in [5.74, 6) is 0.434. The van der Waals surface area contributed by atoms with Gasteiger partial charge in [0.1, 0.15) is 5.60 Å². The van der Waals surface area contributed by atoms with Gasteiger partial charge in [-0.2, -0.15) is 0 Å². The minimum absolute atomic E-state index is 0.00570. The number of pyridine rings is 1. The molecule has 2 saturated heterocycles. The maximum absolute atomic E-state index is 13.5. The largest absolute Gasteiger partial charge is 0.444 e. The second-order valence-electron chi connectivity index (χ2n) is 9.26. The van der Waals surface area contributed by atoms with Crippen LogP contribution in [0, 0.1) is 12.8 Å². The van der Waals surface area contributed by atoms with Crippen molar-refractivity contribution >= 4 is 12.0 Å². The molecule has 6 heteroatoms. The minimum atomic E-state index is -0.522. The number of hydrogen-bond donors (Lipinski definition) is 0. The Hall–Kier alpha value is -2.89. The quantitative estimate of drug-likeness (QED) is 0.751. The summed E-state index contributed by atoms with van der Waals surface area (Å²) in [5.41, 5.74) is 2.80. The molecule has 1 aromatic carbocycles. The summed E-state index contributed by atoms with van der Waals surface area (Å²) < 4.78 is 5.54. The van der Waals surface area contributed by atoms with Crippen molar-refractivity contribution < 1.29 is 14.3 Å². The van der Waals surface area contributed by atoms with E-state index < -0.39 is 5.60 Å². The fourth-order valence-electron chi connectivity index (χ4n) is 4.26. The average molecular weight is 408 g/mol. The van der Waals surface area contributed by atoms with Crippen LogP contribution in [0.25, 0.3) is 11.3 Å². The molecule has 0 bridgehead atoms. The summed E-state index contributed by atoms with van der Waals surface area (Å²) in [4.78, 5) is 34.1. The van der Waals surface area contributed by atoms with Crippen LogP contribution in [0.3, 0.4) is 0 Å². The van der Waals surface area contributed by atoms with Gasteiger partial charge in [-0.05, 0) is 52.3 Å². The first-order valence-corrected chi connectivity index (χ1v) is 10.5. The van der Waals surface area contributed by atoms with Gasteiger partial charge in [0.25, 0.3) is 5.91 Å². The van der Waals surface area contributed by atoms with Gasteiger partial charge in [0.05, 0.1) is 11.7 Å². The number of aromatic nitrogens is 1. The summed E-state index contributed by atoms with van der Waals surface area (Å²) in [7, 11) is 0. The lowest BCUT2D eigenvalue weighted by molar-refractivity contribution is -0.0545. The Labute approximate surface area is 177 Å². The van der Waals surface area contributed by atoms with E-state index >= 15 is 0 Å². The normalized spacial score (nSPS) is 20.9. The predicted molar refractivity (Wildman–Crippen MR) is 115 cm³/mol. The topological polar surface area (TPSA) is 62.7 Å². The van der Waals surface area contributed by atoms with Crippen LogP contribution in [0.4, 0.5) is 4.79 Å². The number of carbonyl (C=O) groups excluding carboxylic acids is 2. The van der Waals surface area contributed by atoms with Crippen LogP contribution < -0.4 is 0 Å². The number of ether oxygens (including phenoxy) is 1. The van der Waals surface area contributed by atoms with E-state index in [0.717, 1.165) is 23.2 Å². The molecule has 2 amide bonds. The Balaban J connectivity index is 1.54. The van der Waals surface area contributed by atoms with E-state index in [4.69, 9.17) is 4.74 Å². The summed E-state index contributed by atoms with van der Waals surface area (Å²) in [6.07, 6.45) is 2.35. The fraction of sp³-hybridized carbons (Fsp3) is 0.458. The summed E-state index contributed by atoms with van der Waals surface area (Å²) in [6, 6.07) is 11.6. The highest BCUT2D eigenvalue weighted by molar-refractivity contribution is 6.00. The van der Waals surface area contributed by atoms with Gasteiger partial charge in [-0.3, -0.25) is 9.78 Å². The molecule has 2 aliphatic rings. The monoisotopic (exact) mass is 407 g/mol. The molecule has 158 valence electrons. The molecule has 0 radical (unpaired) electrons. The van der Waals surface area contributed by atoms with E-state index in [1.54, 1.807) is 11.1 Å². The standard InChI is InChI=1S/C24H29N3O3/c1-16-8-9-18(20-7-5-6-11-25-20)19(13-16)22(28)26-12-10-17-14-27(21(17)15-26)23(29)30-24(2,3)4/h5-9,11,13,17,21H,10,12,14-15H2,1-4H3/t17-,21?/m0/s1. The molecule has 0 aliphatic carbocycles. The zero-order valence-electron chi connectivity index (χ0n) is 18.1. The van der Waals surface area contributed by atoms with Gasteiger partial charge in [0, 0.05) is 42.9 Å². The van der Waals surface area contributed by atoms with Crippen LogP contribution >= 0.6 is 0 Å². The highest BCUT2D eigenvalue weighted by Crippen LogP contribution is 2.35. The van der Waals surface area contributed by atoms with Gasteiger partial charge in [-0.25, -0.2) is 4.79 Å². The molecule has 2 fully saturated rings. The molecule has 2 aliphatic heterocycles. The average Bonchev–Trinajstić information content (AvgIpc) is 2.67. The van der Waals surface area contributed by atoms with Crippen LogP contribution in [0.1, 0.15) is 43.1 Å². The highest BCUT2D eigenvalue weighted by atomic mass is 16.6. The molecule has 0 spiro atoms. The third kappa shape index (κ3) is 4.04. The molecule has 4 rings (SSSR count). The highest BCUT2D eigenvalue weighted by Gasteiger charge is 2.47. The first-order valence-electron chi connectivity index (χ1n) is 10.5. The van der Waals surface area contributed by atoms with E-state index in [0.29, 0.717) is 31.1 Å². The number of likely N-dealkylation sites (tertiary alicyclic amines) is 2. The van der Waals surface area contributed by atoms with Crippen LogP contribution in [0.15, 0.2) is 42.6 Å². The fourth-order valence-corrected chi connectivity index (χ4v) is 4.26. The van der Waals surface area contributed by atoms with E-state index in [-0.39, 0.29) is 18.0 Å². The third-order valence-corrected chi connectivity index (χ3v) is 5.81. The second-order valence-corrected chi connectivity index (χ2v) is 9.26. The van der Waals surface area contributed by atoms with Crippen LogP contribution in [-0.2, 0) is 4.74 Å². The Morgan fingerprint density at radius 2 is 1.93 bits per heavy atom. The lowest BCUT2D eigenvalue weighted by Crippen LogP contribution is -2.66. The van der Waals surface area contributed by atoms with Crippen molar-refractivity contribution in [3.63, 3.8) is 0 Å². The molecule has 2 aromatic rings. The molecule has 0 saturated carbocycles. The maximum Gasteiger partial charge on any atom is 0.410 e. The Kier molecular flexibility index (Phi) is 5.26. The maximum atomic E-state index is 13.5. The molecule has 6 nitrogen and oxygen atoms in total. The molecule has 1 unspecified atom stereocenters. The van der Waals surface area contributed by atoms with E-state index in [1.165, 1.54) is 0 Å². The van der Waals surface area contributed by atoms with Crippen molar-refractivity contribution in [2.24, 2.45) is 5.92 Å². The molecule has 30 heavy (non-hydrogen) atoms. The number of benzene rings is 1. The first-order chi connectivity index (χ1) is 14.2. The van der Waals surface area contributed by atoms with Crippen molar-refractivity contribution in [1.29, 1.82) is 0 Å². The zero-order valence-corrected chi connectivity index (χ0v) is 18.1. The van der Waals surface area contributed by atoms with Crippen molar-refractivity contribution in [2.45, 2.75) is 45.8 Å². The molecular weight excluding hydrogens is 378 g/mol. The van der Waals surface area contributed by atoms with Crippen molar-refractivity contribution in [3.05, 3.63) is 53.7 Å². The molecule has 2 atom stereocenters. The smallest absolute Gasteiger partial charge is 0.410 e. The van der Waals surface area contributed by atoms with Crippen LogP contribution in [-0.4, -0.2) is 58.1 Å². The van der Waals surface area contributed by atoms with Gasteiger partial charge in [-0.15, -0.1) is 0 Å². The SMILES string of the molecule is Cc1ccc(-c2ccccn2)c(C(=O)N2CC[C@H]3CN(C(=O)OC(C)(C)C)C3C2)c1. The second kappa shape index (κ2) is 7.74. The minimum Gasteiger partial charge on any atom is -0.444 e. The summed E-state index contributed by atoms with van der Waals surface area (Å²) in [5, 5.41) is 0. The van der Waals surface area contributed by atoms with Crippen LogP contribution in [0.5, 0.6) is 0 Å². The van der Waals surface area contributed by atoms with Gasteiger partial charge in [0.15, 0.2) is 0 Å². The number of nitrogens with zero attached hydrogens (tertiary/aromatic N) is 3. The molecular formula is C24H29N3O3. The molecule has 0 N–H and O–H groups in total. The third-order valence-electron chi connectivity index (χ3n) is 5.81. The Morgan fingerprint density at radius 1 is 1.13 bits per heavy atom. The van der Waals surface area contributed by atoms with Crippen molar-refractivity contribution in [3.8, 4) is 11.3 Å². The van der Waals surface area contributed by atoms with Crippen LogP contribution in [0.2, 0.25) is 0 Å². The van der Waals surface area contributed by atoms with Gasteiger partial charge in [0.2, 0.25) is 0 Å². The molecule has 1 aromatic heterocycles. The number of aryl methyl sites for hydroxylation is 1. The number of carbonyl (C=O) groups is 2. The van der Waals surface area contributed by atoms with Gasteiger partial charge in [-0.1, -0.05) is 23.8 Å². The number of amides is 2. The predicted octanol–water partition coefficient (Wildman–Crippen LogP) is 4.14. The van der Waals surface area contributed by atoms with E-state index in [9.17, 15) is 9.59 Å². The Morgan fingerprint density at radius 3 is 2.63 bits per heavy atom. The summed E-state index contributed by atoms with van der Waals surface area (Å²) in [6.45, 7) is 9.56.